The van der Waals surface area contributed by atoms with E-state index in [-0.39, 0.29) is 18.9 Å². The van der Waals surface area contributed by atoms with Gasteiger partial charge >= 0.3 is 6.18 Å². The van der Waals surface area contributed by atoms with E-state index in [2.05, 4.69) is 0 Å². The number of nitrogens with zero attached hydrogens (tertiary/aromatic N) is 1. The molecular formula is C17H22F3NO3. The van der Waals surface area contributed by atoms with Gasteiger partial charge in [-0.3, -0.25) is 4.79 Å². The summed E-state index contributed by atoms with van der Waals surface area (Å²) < 4.78 is 43.6. The maximum atomic E-state index is 12.7. The minimum atomic E-state index is -4.71. The van der Waals surface area contributed by atoms with Crippen molar-refractivity contribution in [3.05, 3.63) is 35.9 Å². The fourth-order valence-corrected chi connectivity index (χ4v) is 2.66. The third-order valence-electron chi connectivity index (χ3n) is 4.19. The fraction of sp³-hybridized carbons (Fsp3) is 0.588. The molecule has 0 aromatic heterocycles. The molecule has 24 heavy (non-hydrogen) atoms. The molecule has 0 aliphatic carbocycles. The fourth-order valence-electron chi connectivity index (χ4n) is 2.66. The van der Waals surface area contributed by atoms with Gasteiger partial charge < -0.3 is 14.7 Å². The zero-order chi connectivity index (χ0) is 17.6. The number of carbonyl (C=O) groups excluding carboxylic acids is 1. The zero-order valence-corrected chi connectivity index (χ0v) is 13.4. The Hall–Kier alpha value is -1.60. The molecule has 1 aliphatic rings. The maximum Gasteiger partial charge on any atom is 0.419 e. The molecule has 1 aromatic carbocycles. The maximum absolute atomic E-state index is 12.7. The first-order valence-corrected chi connectivity index (χ1v) is 8.00. The molecule has 1 atom stereocenters. The van der Waals surface area contributed by atoms with Crippen molar-refractivity contribution >= 4 is 5.91 Å². The second kappa shape index (κ2) is 7.98. The number of halogens is 3. The van der Waals surface area contributed by atoms with Crippen LogP contribution in [0.5, 0.6) is 0 Å². The second-order valence-corrected chi connectivity index (χ2v) is 6.05. The first-order valence-electron chi connectivity index (χ1n) is 8.00. The third kappa shape index (κ3) is 4.95. The Kier molecular flexibility index (Phi) is 6.23. The third-order valence-corrected chi connectivity index (χ3v) is 4.19. The number of amides is 1. The Balaban J connectivity index is 1.60. The SMILES string of the molecule is O=C(CCCOCCc1ccccc1)N1CC[C@](O)(C(F)(F)F)C1. The molecule has 0 bridgehead atoms. The molecule has 1 aromatic rings. The van der Waals surface area contributed by atoms with Gasteiger partial charge in [-0.05, 0) is 18.4 Å². The normalized spacial score (nSPS) is 21.2. The van der Waals surface area contributed by atoms with Crippen LogP contribution in [0, 0.1) is 0 Å². The Bertz CT molecular complexity index is 536. The van der Waals surface area contributed by atoms with Crippen LogP contribution in [0.2, 0.25) is 0 Å². The number of hydrogen-bond donors (Lipinski definition) is 1. The van der Waals surface area contributed by atoms with Gasteiger partial charge in [0.2, 0.25) is 5.91 Å². The van der Waals surface area contributed by atoms with E-state index in [4.69, 9.17) is 4.74 Å². The molecule has 1 saturated heterocycles. The minimum absolute atomic E-state index is 0.0658. The summed E-state index contributed by atoms with van der Waals surface area (Å²) in [5, 5.41) is 9.55. The van der Waals surface area contributed by atoms with Gasteiger partial charge in [0.05, 0.1) is 13.2 Å². The number of ether oxygens (including phenoxy) is 1. The summed E-state index contributed by atoms with van der Waals surface area (Å²) in [4.78, 5) is 13.0. The van der Waals surface area contributed by atoms with Gasteiger partial charge in [-0.2, -0.15) is 13.2 Å². The van der Waals surface area contributed by atoms with Crippen molar-refractivity contribution in [2.45, 2.75) is 37.5 Å². The highest BCUT2D eigenvalue weighted by Gasteiger charge is 2.57. The Morgan fingerprint density at radius 3 is 2.58 bits per heavy atom. The summed E-state index contributed by atoms with van der Waals surface area (Å²) in [5.74, 6) is -0.373. The number of carbonyl (C=O) groups is 1. The average molecular weight is 345 g/mol. The quantitative estimate of drug-likeness (QED) is 0.773. The number of β-amino-alcohol motifs (C(OH)–C–C–N with tert-alkyl or cyclic N) is 1. The predicted octanol–water partition coefficient (Wildman–Crippen LogP) is 2.55. The van der Waals surface area contributed by atoms with Crippen LogP contribution in [0.15, 0.2) is 30.3 Å². The molecule has 2 rings (SSSR count). The number of hydrogen-bond acceptors (Lipinski definition) is 3. The lowest BCUT2D eigenvalue weighted by molar-refractivity contribution is -0.253. The van der Waals surface area contributed by atoms with Crippen molar-refractivity contribution in [3.63, 3.8) is 0 Å². The first kappa shape index (κ1) is 18.7. The molecule has 1 aliphatic heterocycles. The van der Waals surface area contributed by atoms with Crippen LogP contribution in [0.4, 0.5) is 13.2 Å². The van der Waals surface area contributed by atoms with Crippen molar-refractivity contribution in [3.8, 4) is 0 Å². The van der Waals surface area contributed by atoms with E-state index in [0.717, 1.165) is 16.9 Å². The van der Waals surface area contributed by atoms with Gasteiger partial charge in [-0.15, -0.1) is 0 Å². The molecule has 0 unspecified atom stereocenters. The van der Waals surface area contributed by atoms with Crippen LogP contribution in [0.3, 0.4) is 0 Å². The largest absolute Gasteiger partial charge is 0.419 e. The Morgan fingerprint density at radius 1 is 1.25 bits per heavy atom. The topological polar surface area (TPSA) is 49.8 Å². The molecule has 0 radical (unpaired) electrons. The Morgan fingerprint density at radius 2 is 1.96 bits per heavy atom. The standard InChI is InChI=1S/C17H22F3NO3/c18-17(19,20)16(23)9-10-21(13-16)15(22)7-4-11-24-12-8-14-5-2-1-3-6-14/h1-3,5-6,23H,4,7-13H2/t16-/m1/s1. The van der Waals surface area contributed by atoms with Crippen molar-refractivity contribution < 1.29 is 27.8 Å². The van der Waals surface area contributed by atoms with E-state index >= 15 is 0 Å². The molecule has 0 saturated carbocycles. The zero-order valence-electron chi connectivity index (χ0n) is 13.4. The number of alkyl halides is 3. The number of benzene rings is 1. The number of rotatable bonds is 7. The summed E-state index contributed by atoms with van der Waals surface area (Å²) >= 11 is 0. The highest BCUT2D eigenvalue weighted by molar-refractivity contribution is 5.76. The molecule has 134 valence electrons. The molecule has 1 N–H and O–H groups in total. The van der Waals surface area contributed by atoms with E-state index < -0.39 is 24.7 Å². The summed E-state index contributed by atoms with van der Waals surface area (Å²) in [6, 6.07) is 9.84. The van der Waals surface area contributed by atoms with Crippen molar-refractivity contribution in [2.24, 2.45) is 0 Å². The van der Waals surface area contributed by atoms with E-state index in [1.807, 2.05) is 30.3 Å². The minimum Gasteiger partial charge on any atom is -0.381 e. The summed E-state index contributed by atoms with van der Waals surface area (Å²) in [5.41, 5.74) is -1.61. The van der Waals surface area contributed by atoms with Crippen LogP contribution in [-0.2, 0) is 16.0 Å². The van der Waals surface area contributed by atoms with Crippen LogP contribution < -0.4 is 0 Å². The monoisotopic (exact) mass is 345 g/mol. The number of aliphatic hydroxyl groups is 1. The van der Waals surface area contributed by atoms with Gasteiger partial charge in [0.25, 0.3) is 0 Å². The smallest absolute Gasteiger partial charge is 0.381 e. The van der Waals surface area contributed by atoms with Crippen molar-refractivity contribution in [1.29, 1.82) is 0 Å². The molecule has 7 heteroatoms. The molecule has 1 heterocycles. The molecule has 4 nitrogen and oxygen atoms in total. The lowest BCUT2D eigenvalue weighted by Crippen LogP contribution is -2.48. The molecule has 0 spiro atoms. The van der Waals surface area contributed by atoms with E-state index in [1.165, 1.54) is 0 Å². The molecular weight excluding hydrogens is 323 g/mol. The highest BCUT2D eigenvalue weighted by Crippen LogP contribution is 2.37. The summed E-state index contributed by atoms with van der Waals surface area (Å²) in [6.45, 7) is 0.180. The van der Waals surface area contributed by atoms with E-state index in [0.29, 0.717) is 19.6 Å². The average Bonchev–Trinajstić information content (AvgIpc) is 2.95. The number of likely N-dealkylation sites (tertiary alicyclic amines) is 1. The van der Waals surface area contributed by atoms with Crippen molar-refractivity contribution in [1.82, 2.24) is 4.90 Å². The van der Waals surface area contributed by atoms with E-state index in [1.54, 1.807) is 0 Å². The van der Waals surface area contributed by atoms with Gasteiger partial charge in [0.15, 0.2) is 5.60 Å². The van der Waals surface area contributed by atoms with Crippen molar-refractivity contribution in [2.75, 3.05) is 26.3 Å². The van der Waals surface area contributed by atoms with Crippen LogP contribution >= 0.6 is 0 Å². The first-order chi connectivity index (χ1) is 11.3. The Labute approximate surface area is 139 Å². The lowest BCUT2D eigenvalue weighted by atomic mass is 10.0. The molecule has 1 fully saturated rings. The van der Waals surface area contributed by atoms with Gasteiger partial charge in [-0.25, -0.2) is 0 Å². The van der Waals surface area contributed by atoms with Crippen LogP contribution in [0.1, 0.15) is 24.8 Å². The summed E-state index contributed by atoms with van der Waals surface area (Å²) in [6.07, 6.45) is -3.81. The van der Waals surface area contributed by atoms with E-state index in [9.17, 15) is 23.1 Å². The lowest BCUT2D eigenvalue weighted by Gasteiger charge is -2.25. The highest BCUT2D eigenvalue weighted by atomic mass is 19.4. The van der Waals surface area contributed by atoms with Gasteiger partial charge in [0.1, 0.15) is 0 Å². The van der Waals surface area contributed by atoms with Gasteiger partial charge in [-0.1, -0.05) is 30.3 Å². The van der Waals surface area contributed by atoms with Gasteiger partial charge in [0, 0.05) is 26.0 Å². The van der Waals surface area contributed by atoms with Crippen LogP contribution in [0.25, 0.3) is 0 Å². The molecule has 1 amide bonds. The summed E-state index contributed by atoms with van der Waals surface area (Å²) in [7, 11) is 0. The second-order valence-electron chi connectivity index (χ2n) is 6.05. The van der Waals surface area contributed by atoms with Crippen LogP contribution in [-0.4, -0.2) is 54.0 Å². The predicted molar refractivity (Wildman–Crippen MR) is 82.4 cm³/mol.